The minimum Gasteiger partial charge on any atom is -0.322 e. The number of aromatic nitrogens is 2. The van der Waals surface area contributed by atoms with E-state index in [0.29, 0.717) is 17.4 Å². The van der Waals surface area contributed by atoms with Crippen molar-refractivity contribution in [1.82, 2.24) is 14.9 Å². The van der Waals surface area contributed by atoms with Gasteiger partial charge in [-0.25, -0.2) is 9.97 Å². The van der Waals surface area contributed by atoms with Gasteiger partial charge in [0.1, 0.15) is 0 Å². The number of hydrogen-bond acceptors (Lipinski definition) is 4. The van der Waals surface area contributed by atoms with Gasteiger partial charge in [-0.3, -0.25) is 9.69 Å². The Morgan fingerprint density at radius 3 is 2.37 bits per heavy atom. The molecule has 1 N–H and O–H groups in total. The lowest BCUT2D eigenvalue weighted by Crippen LogP contribution is -2.33. The molecule has 30 heavy (non-hydrogen) atoms. The van der Waals surface area contributed by atoms with Gasteiger partial charge in [-0.2, -0.15) is 0 Å². The van der Waals surface area contributed by atoms with Crippen LogP contribution in [0.25, 0.3) is 11.4 Å². The summed E-state index contributed by atoms with van der Waals surface area (Å²) >= 11 is 0. The van der Waals surface area contributed by atoms with Crippen LogP contribution >= 0.6 is 0 Å². The zero-order valence-corrected chi connectivity index (χ0v) is 17.4. The van der Waals surface area contributed by atoms with Crippen molar-refractivity contribution in [2.24, 2.45) is 0 Å². The first-order chi connectivity index (χ1) is 14.7. The Bertz CT molecular complexity index is 966. The molecular weight excluding hydrogens is 372 g/mol. The second-order valence-corrected chi connectivity index (χ2v) is 7.98. The van der Waals surface area contributed by atoms with Gasteiger partial charge in [0.2, 0.25) is 0 Å². The first-order valence-corrected chi connectivity index (χ1v) is 10.7. The van der Waals surface area contributed by atoms with Crippen molar-refractivity contribution in [3.63, 3.8) is 0 Å². The van der Waals surface area contributed by atoms with Gasteiger partial charge in [-0.1, -0.05) is 67.8 Å². The number of anilines is 1. The van der Waals surface area contributed by atoms with E-state index in [2.05, 4.69) is 33.3 Å². The third-order valence-corrected chi connectivity index (χ3v) is 5.83. The number of para-hydroxylation sites is 1. The first kappa shape index (κ1) is 20.2. The molecule has 1 fully saturated rings. The van der Waals surface area contributed by atoms with E-state index >= 15 is 0 Å². The van der Waals surface area contributed by atoms with Crippen LogP contribution in [0, 0.1) is 0 Å². The highest BCUT2D eigenvalue weighted by molar-refractivity contribution is 6.04. The Hall–Kier alpha value is -3.05. The fourth-order valence-electron chi connectivity index (χ4n) is 4.08. The maximum atomic E-state index is 12.8. The predicted octanol–water partition coefficient (Wildman–Crippen LogP) is 5.16. The molecule has 1 aliphatic rings. The van der Waals surface area contributed by atoms with Gasteiger partial charge in [0.05, 0.1) is 5.56 Å². The highest BCUT2D eigenvalue weighted by Crippen LogP contribution is 2.25. The zero-order valence-electron chi connectivity index (χ0n) is 17.4. The standard InChI is InChI=1S/C25H28N4O/c1-29(22-13-6-3-7-14-22)18-20-12-8-9-15-23(20)28-25(30)21-16-26-24(27-17-21)19-10-4-2-5-11-19/h2,4-5,8-12,15-17,22H,3,6-7,13-14,18H2,1H3,(H,28,30). The quantitative estimate of drug-likeness (QED) is 0.621. The molecular formula is C25H28N4O. The summed E-state index contributed by atoms with van der Waals surface area (Å²) in [6, 6.07) is 18.4. The molecule has 0 bridgehead atoms. The van der Waals surface area contributed by atoms with Gasteiger partial charge in [-0.15, -0.1) is 0 Å². The van der Waals surface area contributed by atoms with Gasteiger partial charge in [0.15, 0.2) is 5.82 Å². The average molecular weight is 401 g/mol. The van der Waals surface area contributed by atoms with Crippen LogP contribution in [0.1, 0.15) is 48.0 Å². The second kappa shape index (κ2) is 9.63. The average Bonchev–Trinajstić information content (AvgIpc) is 2.81. The van der Waals surface area contributed by atoms with Gasteiger partial charge in [0, 0.05) is 36.2 Å². The van der Waals surface area contributed by atoms with Crippen LogP contribution in [-0.2, 0) is 6.54 Å². The Balaban J connectivity index is 1.44. The van der Waals surface area contributed by atoms with Crippen LogP contribution in [-0.4, -0.2) is 33.9 Å². The molecule has 1 amide bonds. The van der Waals surface area contributed by atoms with E-state index < -0.39 is 0 Å². The molecule has 3 aromatic rings. The Kier molecular flexibility index (Phi) is 6.50. The van der Waals surface area contributed by atoms with E-state index in [1.54, 1.807) is 12.4 Å². The van der Waals surface area contributed by atoms with Crippen molar-refractivity contribution >= 4 is 11.6 Å². The van der Waals surface area contributed by atoms with E-state index in [4.69, 9.17) is 0 Å². The molecule has 5 heteroatoms. The molecule has 2 aromatic carbocycles. The number of carbonyl (C=O) groups is 1. The molecule has 0 atom stereocenters. The number of nitrogens with one attached hydrogen (secondary N) is 1. The van der Waals surface area contributed by atoms with Crippen LogP contribution in [0.15, 0.2) is 67.0 Å². The normalized spacial score (nSPS) is 14.6. The van der Waals surface area contributed by atoms with Crippen LogP contribution in [0.4, 0.5) is 5.69 Å². The third kappa shape index (κ3) is 4.92. The summed E-state index contributed by atoms with van der Waals surface area (Å²) in [7, 11) is 2.19. The summed E-state index contributed by atoms with van der Waals surface area (Å²) in [5, 5.41) is 3.05. The van der Waals surface area contributed by atoms with E-state index in [9.17, 15) is 4.79 Å². The molecule has 4 rings (SSSR count). The highest BCUT2D eigenvalue weighted by Gasteiger charge is 2.19. The molecule has 1 heterocycles. The van der Waals surface area contributed by atoms with E-state index in [-0.39, 0.29) is 5.91 Å². The maximum absolute atomic E-state index is 12.8. The molecule has 1 aliphatic carbocycles. The summed E-state index contributed by atoms with van der Waals surface area (Å²) in [5.41, 5.74) is 3.35. The highest BCUT2D eigenvalue weighted by atomic mass is 16.1. The number of rotatable bonds is 6. The van der Waals surface area contributed by atoms with Gasteiger partial charge in [-0.05, 0) is 31.5 Å². The summed E-state index contributed by atoms with van der Waals surface area (Å²) in [6.07, 6.45) is 9.66. The summed E-state index contributed by atoms with van der Waals surface area (Å²) < 4.78 is 0. The monoisotopic (exact) mass is 400 g/mol. The van der Waals surface area contributed by atoms with Crippen molar-refractivity contribution in [2.75, 3.05) is 12.4 Å². The van der Waals surface area contributed by atoms with Crippen LogP contribution in [0.5, 0.6) is 0 Å². The number of hydrogen-bond donors (Lipinski definition) is 1. The summed E-state index contributed by atoms with van der Waals surface area (Å²) in [6.45, 7) is 0.824. The number of amides is 1. The van der Waals surface area contributed by atoms with Gasteiger partial charge < -0.3 is 5.32 Å². The minimum atomic E-state index is -0.192. The molecule has 0 spiro atoms. The lowest BCUT2D eigenvalue weighted by atomic mass is 9.94. The predicted molar refractivity (Wildman–Crippen MR) is 120 cm³/mol. The molecule has 0 saturated heterocycles. The second-order valence-electron chi connectivity index (χ2n) is 7.98. The van der Waals surface area contributed by atoms with Crippen molar-refractivity contribution in [2.45, 2.75) is 44.7 Å². The minimum absolute atomic E-state index is 0.192. The molecule has 0 radical (unpaired) electrons. The van der Waals surface area contributed by atoms with Crippen LogP contribution in [0.2, 0.25) is 0 Å². The Morgan fingerprint density at radius 2 is 1.63 bits per heavy atom. The third-order valence-electron chi connectivity index (χ3n) is 5.83. The first-order valence-electron chi connectivity index (χ1n) is 10.7. The maximum Gasteiger partial charge on any atom is 0.258 e. The fraction of sp³-hybridized carbons (Fsp3) is 0.320. The number of benzene rings is 2. The molecule has 0 aliphatic heterocycles. The topological polar surface area (TPSA) is 58.1 Å². The molecule has 1 aromatic heterocycles. The largest absolute Gasteiger partial charge is 0.322 e. The van der Waals surface area contributed by atoms with Crippen LogP contribution in [0.3, 0.4) is 0 Å². The summed E-state index contributed by atoms with van der Waals surface area (Å²) in [4.78, 5) is 23.9. The van der Waals surface area contributed by atoms with E-state index in [0.717, 1.165) is 23.4 Å². The van der Waals surface area contributed by atoms with Gasteiger partial charge in [0.25, 0.3) is 5.91 Å². The summed E-state index contributed by atoms with van der Waals surface area (Å²) in [5.74, 6) is 0.420. The van der Waals surface area contributed by atoms with Crippen molar-refractivity contribution in [1.29, 1.82) is 0 Å². The molecule has 0 unspecified atom stereocenters. The number of carbonyl (C=O) groups excluding carboxylic acids is 1. The van der Waals surface area contributed by atoms with E-state index in [1.807, 2.05) is 48.5 Å². The van der Waals surface area contributed by atoms with Crippen molar-refractivity contribution in [3.8, 4) is 11.4 Å². The SMILES string of the molecule is CN(Cc1ccccc1NC(=O)c1cnc(-c2ccccc2)nc1)C1CCCCC1. The van der Waals surface area contributed by atoms with Crippen molar-refractivity contribution < 1.29 is 4.79 Å². The van der Waals surface area contributed by atoms with Crippen molar-refractivity contribution in [3.05, 3.63) is 78.1 Å². The molecule has 5 nitrogen and oxygen atoms in total. The van der Waals surface area contributed by atoms with E-state index in [1.165, 1.54) is 32.1 Å². The Morgan fingerprint density at radius 1 is 0.967 bits per heavy atom. The lowest BCUT2D eigenvalue weighted by molar-refractivity contribution is 0.102. The molecule has 154 valence electrons. The number of nitrogens with zero attached hydrogens (tertiary/aromatic N) is 3. The lowest BCUT2D eigenvalue weighted by Gasteiger charge is -2.31. The molecule has 1 saturated carbocycles. The smallest absolute Gasteiger partial charge is 0.258 e. The zero-order chi connectivity index (χ0) is 20.8. The van der Waals surface area contributed by atoms with Gasteiger partial charge >= 0.3 is 0 Å². The van der Waals surface area contributed by atoms with Crippen LogP contribution < -0.4 is 5.32 Å². The fourth-order valence-corrected chi connectivity index (χ4v) is 4.08. The Labute approximate surface area is 178 Å².